The molecule has 0 aliphatic rings. The molecule has 0 unspecified atom stereocenters. The third-order valence-corrected chi connectivity index (χ3v) is 2.19. The Balaban J connectivity index is 3.27. The van der Waals surface area contributed by atoms with E-state index in [-0.39, 0.29) is 0 Å². The minimum Gasteiger partial charge on any atom is -0.496 e. The number of ether oxygens (including phenoxy) is 3. The highest BCUT2D eigenvalue weighted by Gasteiger charge is 2.14. The number of hydrogen-bond acceptors (Lipinski definition) is 4. The lowest BCUT2D eigenvalue weighted by atomic mass is 10.1. The summed E-state index contributed by atoms with van der Waals surface area (Å²) in [6, 6.07) is 3.41. The number of benzene rings is 1. The molecular weight excluding hydrogens is 196 g/mol. The van der Waals surface area contributed by atoms with Crippen LogP contribution in [0, 0.1) is 0 Å². The molecule has 1 rings (SSSR count). The molecule has 1 atom stereocenters. The first kappa shape index (κ1) is 11.7. The van der Waals surface area contributed by atoms with Gasteiger partial charge >= 0.3 is 0 Å². The van der Waals surface area contributed by atoms with Crippen LogP contribution in [0.25, 0.3) is 0 Å². The summed E-state index contributed by atoms with van der Waals surface area (Å²) in [6.07, 6.45) is -0.611. The second kappa shape index (κ2) is 4.89. The van der Waals surface area contributed by atoms with Crippen LogP contribution in [-0.4, -0.2) is 26.4 Å². The lowest BCUT2D eigenvalue weighted by Gasteiger charge is -2.15. The third kappa shape index (κ3) is 2.33. The molecule has 4 heteroatoms. The van der Waals surface area contributed by atoms with Gasteiger partial charge < -0.3 is 19.3 Å². The standard InChI is InChI=1S/C11H16O4/c1-7(12)8-5-10(14-3)11(15-4)6-9(8)13-2/h5-7,12H,1-4H3/t7-/m1/s1. The maximum atomic E-state index is 9.54. The van der Waals surface area contributed by atoms with Gasteiger partial charge in [-0.05, 0) is 13.0 Å². The maximum absolute atomic E-state index is 9.54. The zero-order valence-corrected chi connectivity index (χ0v) is 9.40. The summed E-state index contributed by atoms with van der Waals surface area (Å²) in [5.74, 6) is 1.75. The molecule has 0 fully saturated rings. The fourth-order valence-electron chi connectivity index (χ4n) is 1.38. The van der Waals surface area contributed by atoms with E-state index >= 15 is 0 Å². The fraction of sp³-hybridized carbons (Fsp3) is 0.455. The van der Waals surface area contributed by atoms with Crippen molar-refractivity contribution in [2.24, 2.45) is 0 Å². The molecule has 1 aromatic rings. The number of aliphatic hydroxyl groups excluding tert-OH is 1. The van der Waals surface area contributed by atoms with E-state index in [4.69, 9.17) is 14.2 Å². The Hall–Kier alpha value is -1.42. The van der Waals surface area contributed by atoms with Crippen molar-refractivity contribution < 1.29 is 19.3 Å². The molecule has 0 spiro atoms. The van der Waals surface area contributed by atoms with Gasteiger partial charge in [0.05, 0.1) is 27.4 Å². The summed E-state index contributed by atoms with van der Waals surface area (Å²) in [5, 5.41) is 9.54. The van der Waals surface area contributed by atoms with Gasteiger partial charge in [0.25, 0.3) is 0 Å². The average molecular weight is 212 g/mol. The van der Waals surface area contributed by atoms with Crippen LogP contribution in [0.4, 0.5) is 0 Å². The van der Waals surface area contributed by atoms with Gasteiger partial charge in [-0.25, -0.2) is 0 Å². The molecule has 4 nitrogen and oxygen atoms in total. The smallest absolute Gasteiger partial charge is 0.164 e. The molecule has 0 bridgehead atoms. The Kier molecular flexibility index (Phi) is 3.80. The highest BCUT2D eigenvalue weighted by atomic mass is 16.5. The quantitative estimate of drug-likeness (QED) is 0.826. The number of methoxy groups -OCH3 is 3. The Morgan fingerprint density at radius 3 is 1.80 bits per heavy atom. The fourth-order valence-corrected chi connectivity index (χ4v) is 1.38. The largest absolute Gasteiger partial charge is 0.496 e. The van der Waals surface area contributed by atoms with Crippen molar-refractivity contribution in [1.29, 1.82) is 0 Å². The minimum atomic E-state index is -0.611. The van der Waals surface area contributed by atoms with Gasteiger partial charge in [0.2, 0.25) is 0 Å². The molecule has 0 aliphatic heterocycles. The molecule has 0 saturated carbocycles. The van der Waals surface area contributed by atoms with Gasteiger partial charge in [-0.1, -0.05) is 0 Å². The van der Waals surface area contributed by atoms with Crippen LogP contribution in [0.15, 0.2) is 12.1 Å². The van der Waals surface area contributed by atoms with E-state index in [2.05, 4.69) is 0 Å². The second-order valence-electron chi connectivity index (χ2n) is 3.13. The van der Waals surface area contributed by atoms with Crippen LogP contribution < -0.4 is 14.2 Å². The predicted molar refractivity (Wildman–Crippen MR) is 56.7 cm³/mol. The van der Waals surface area contributed by atoms with Crippen LogP contribution in [0.5, 0.6) is 17.2 Å². The van der Waals surface area contributed by atoms with Crippen molar-refractivity contribution in [2.75, 3.05) is 21.3 Å². The summed E-state index contributed by atoms with van der Waals surface area (Å²) < 4.78 is 15.4. The van der Waals surface area contributed by atoms with E-state index in [0.29, 0.717) is 22.8 Å². The predicted octanol–water partition coefficient (Wildman–Crippen LogP) is 1.77. The van der Waals surface area contributed by atoms with E-state index < -0.39 is 6.10 Å². The molecule has 15 heavy (non-hydrogen) atoms. The summed E-state index contributed by atoms with van der Waals surface area (Å²) in [5.41, 5.74) is 0.676. The zero-order chi connectivity index (χ0) is 11.4. The molecule has 0 radical (unpaired) electrons. The summed E-state index contributed by atoms with van der Waals surface area (Å²) in [6.45, 7) is 1.67. The van der Waals surface area contributed by atoms with Crippen LogP contribution in [0.2, 0.25) is 0 Å². The lowest BCUT2D eigenvalue weighted by molar-refractivity contribution is 0.193. The van der Waals surface area contributed by atoms with Crippen molar-refractivity contribution in [3.8, 4) is 17.2 Å². The first-order valence-corrected chi connectivity index (χ1v) is 4.62. The van der Waals surface area contributed by atoms with Gasteiger partial charge in [-0.15, -0.1) is 0 Å². The summed E-state index contributed by atoms with van der Waals surface area (Å²) in [4.78, 5) is 0. The van der Waals surface area contributed by atoms with Crippen LogP contribution in [-0.2, 0) is 0 Å². The minimum absolute atomic E-state index is 0.578. The lowest BCUT2D eigenvalue weighted by Crippen LogP contribution is -1.99. The molecule has 0 amide bonds. The molecular formula is C11H16O4. The zero-order valence-electron chi connectivity index (χ0n) is 9.40. The maximum Gasteiger partial charge on any atom is 0.164 e. The normalized spacial score (nSPS) is 12.1. The van der Waals surface area contributed by atoms with E-state index in [9.17, 15) is 5.11 Å². The van der Waals surface area contributed by atoms with E-state index in [1.807, 2.05) is 0 Å². The Labute approximate surface area is 89.4 Å². The molecule has 84 valence electrons. The molecule has 1 aromatic carbocycles. The van der Waals surface area contributed by atoms with Gasteiger partial charge in [0.1, 0.15) is 5.75 Å². The van der Waals surface area contributed by atoms with E-state index in [1.54, 1.807) is 40.4 Å². The first-order chi connectivity index (χ1) is 7.13. The topological polar surface area (TPSA) is 47.9 Å². The molecule has 1 N–H and O–H groups in total. The summed E-state index contributed by atoms with van der Waals surface area (Å²) >= 11 is 0. The Bertz CT molecular complexity index is 334. The van der Waals surface area contributed by atoms with E-state index in [0.717, 1.165) is 0 Å². The third-order valence-electron chi connectivity index (χ3n) is 2.19. The highest BCUT2D eigenvalue weighted by molar-refractivity contribution is 5.51. The van der Waals surface area contributed by atoms with Crippen LogP contribution >= 0.6 is 0 Å². The van der Waals surface area contributed by atoms with E-state index in [1.165, 1.54) is 0 Å². The molecule has 0 aromatic heterocycles. The average Bonchev–Trinajstić information content (AvgIpc) is 2.26. The summed E-state index contributed by atoms with van der Waals surface area (Å²) in [7, 11) is 4.66. The molecule has 0 saturated heterocycles. The molecule has 0 heterocycles. The Morgan fingerprint density at radius 2 is 1.40 bits per heavy atom. The van der Waals surface area contributed by atoms with Crippen molar-refractivity contribution in [2.45, 2.75) is 13.0 Å². The second-order valence-corrected chi connectivity index (χ2v) is 3.13. The Morgan fingerprint density at radius 1 is 0.933 bits per heavy atom. The van der Waals surface area contributed by atoms with Crippen molar-refractivity contribution in [3.05, 3.63) is 17.7 Å². The SMILES string of the molecule is COc1cc(OC)c([C@@H](C)O)cc1OC. The van der Waals surface area contributed by atoms with Gasteiger partial charge in [0.15, 0.2) is 11.5 Å². The van der Waals surface area contributed by atoms with Crippen molar-refractivity contribution in [3.63, 3.8) is 0 Å². The van der Waals surface area contributed by atoms with Crippen molar-refractivity contribution >= 4 is 0 Å². The number of aliphatic hydroxyl groups is 1. The van der Waals surface area contributed by atoms with Crippen LogP contribution in [0.3, 0.4) is 0 Å². The first-order valence-electron chi connectivity index (χ1n) is 4.62. The number of rotatable bonds is 4. The van der Waals surface area contributed by atoms with Gasteiger partial charge in [0, 0.05) is 11.6 Å². The van der Waals surface area contributed by atoms with Crippen molar-refractivity contribution in [1.82, 2.24) is 0 Å². The van der Waals surface area contributed by atoms with Gasteiger partial charge in [-0.3, -0.25) is 0 Å². The highest BCUT2D eigenvalue weighted by Crippen LogP contribution is 2.37. The van der Waals surface area contributed by atoms with Crippen LogP contribution in [0.1, 0.15) is 18.6 Å². The molecule has 0 aliphatic carbocycles. The number of hydrogen-bond donors (Lipinski definition) is 1. The van der Waals surface area contributed by atoms with Gasteiger partial charge in [-0.2, -0.15) is 0 Å². The monoisotopic (exact) mass is 212 g/mol.